The molecule has 0 saturated carbocycles. The molecule has 1 heterocycles. The summed E-state index contributed by atoms with van der Waals surface area (Å²) in [4.78, 5) is 158. The summed E-state index contributed by atoms with van der Waals surface area (Å²) in [5, 5.41) is 67.4. The van der Waals surface area contributed by atoms with E-state index in [9.17, 15) is 83.1 Å². The number of nitrogens with one attached hydrogen (secondary N) is 8. The molecule has 12 atom stereocenters. The number of amides is 9. The molecule has 0 bridgehead atoms. The van der Waals surface area contributed by atoms with Crippen LogP contribution in [0, 0.1) is 23.7 Å². The number of rotatable bonds is 30. The first-order valence-electron chi connectivity index (χ1n) is 23.8. The summed E-state index contributed by atoms with van der Waals surface area (Å²) in [6.45, 7) is 14.3. The molecule has 1 saturated heterocycles. The van der Waals surface area contributed by atoms with E-state index in [1.807, 2.05) is 0 Å². The minimum atomic E-state index is -1.80. The number of aliphatic hydroxyl groups is 2. The molecule has 72 heavy (non-hydrogen) atoms. The van der Waals surface area contributed by atoms with Crippen molar-refractivity contribution in [3.05, 3.63) is 0 Å². The van der Waals surface area contributed by atoms with Gasteiger partial charge in [-0.15, -0.1) is 0 Å². The maximum atomic E-state index is 14.1. The topological polar surface area (TPSA) is 431 Å². The van der Waals surface area contributed by atoms with E-state index in [2.05, 4.69) is 42.5 Å². The SMILES string of the molecule is CC[C@H](C)[C@H](NC(=O)[C@@H](NC(=O)[C@@H]1CCCN1C(=O)[C@H](CC(=O)O)NC(=O)[C@@H](NC(=O)[C@H](CO)NC(=O)[C@H](C)NC(=O)[C@@H](N)[C@@H](C)O)C(C)C)C(C)C)C(=O)N[C@@H](CC(=O)O)C(=O)N[C@@H](CC(C)C)C(=O)O. The van der Waals surface area contributed by atoms with Crippen LogP contribution in [0.2, 0.25) is 0 Å². The molecule has 1 aliphatic heterocycles. The molecule has 0 spiro atoms. The van der Waals surface area contributed by atoms with Gasteiger partial charge in [-0.05, 0) is 56.8 Å². The Morgan fingerprint density at radius 3 is 1.51 bits per heavy atom. The van der Waals surface area contributed by atoms with Crippen molar-refractivity contribution in [2.45, 2.75) is 174 Å². The van der Waals surface area contributed by atoms with E-state index in [0.717, 1.165) is 4.90 Å². The van der Waals surface area contributed by atoms with Gasteiger partial charge in [-0.3, -0.25) is 52.7 Å². The van der Waals surface area contributed by atoms with Crippen LogP contribution in [-0.4, -0.2) is 181 Å². The number of aliphatic carboxylic acids is 3. The van der Waals surface area contributed by atoms with Crippen LogP contribution in [0.25, 0.3) is 0 Å². The fraction of sp³-hybridized carbons (Fsp3) is 0.733. The summed E-state index contributed by atoms with van der Waals surface area (Å²) >= 11 is 0. The minimum absolute atomic E-state index is 0.00306. The first kappa shape index (κ1) is 63.5. The summed E-state index contributed by atoms with van der Waals surface area (Å²) in [6, 6.07) is -14.8. The minimum Gasteiger partial charge on any atom is -0.481 e. The molecule has 1 aliphatic rings. The number of hydrogen-bond acceptors (Lipinski definition) is 15. The fourth-order valence-electron chi connectivity index (χ4n) is 7.35. The number of carbonyl (C=O) groups excluding carboxylic acids is 9. The first-order chi connectivity index (χ1) is 33.4. The smallest absolute Gasteiger partial charge is 0.326 e. The molecule has 0 aromatic carbocycles. The van der Waals surface area contributed by atoms with Crippen molar-refractivity contribution in [1.29, 1.82) is 0 Å². The highest BCUT2D eigenvalue weighted by Gasteiger charge is 2.42. The van der Waals surface area contributed by atoms with Crippen LogP contribution in [0.3, 0.4) is 0 Å². The second-order valence-corrected chi connectivity index (χ2v) is 19.1. The van der Waals surface area contributed by atoms with Crippen molar-refractivity contribution in [3.63, 3.8) is 0 Å². The van der Waals surface area contributed by atoms with Crippen molar-refractivity contribution in [2.24, 2.45) is 29.4 Å². The highest BCUT2D eigenvalue weighted by atomic mass is 16.4. The van der Waals surface area contributed by atoms with E-state index >= 15 is 0 Å². The number of carbonyl (C=O) groups is 12. The largest absolute Gasteiger partial charge is 0.481 e. The number of likely N-dealkylation sites (tertiary alicyclic amines) is 1. The number of aliphatic hydroxyl groups excluding tert-OH is 2. The van der Waals surface area contributed by atoms with Crippen molar-refractivity contribution >= 4 is 71.1 Å². The third kappa shape index (κ3) is 20.0. The molecule has 15 N–H and O–H groups in total. The fourth-order valence-corrected chi connectivity index (χ4v) is 7.35. The van der Waals surface area contributed by atoms with Crippen LogP contribution in [-0.2, 0) is 57.5 Å². The zero-order valence-corrected chi connectivity index (χ0v) is 42.5. The Morgan fingerprint density at radius 2 is 1.03 bits per heavy atom. The van der Waals surface area contributed by atoms with Crippen LogP contribution < -0.4 is 48.3 Å². The normalized spacial score (nSPS) is 18.1. The number of nitrogens with zero attached hydrogens (tertiary/aromatic N) is 1. The Balaban J connectivity index is 3.30. The maximum Gasteiger partial charge on any atom is 0.326 e. The van der Waals surface area contributed by atoms with Crippen LogP contribution in [0.1, 0.15) is 108 Å². The van der Waals surface area contributed by atoms with Gasteiger partial charge in [-0.1, -0.05) is 61.8 Å². The molecule has 1 rings (SSSR count). The summed E-state index contributed by atoms with van der Waals surface area (Å²) in [5.41, 5.74) is 5.58. The monoisotopic (exact) mass is 1030 g/mol. The van der Waals surface area contributed by atoms with Gasteiger partial charge in [0, 0.05) is 6.54 Å². The molecule has 1 fully saturated rings. The predicted molar refractivity (Wildman–Crippen MR) is 253 cm³/mol. The van der Waals surface area contributed by atoms with Gasteiger partial charge in [-0.2, -0.15) is 0 Å². The summed E-state index contributed by atoms with van der Waals surface area (Å²) in [5.74, 6) is -15.3. The lowest BCUT2D eigenvalue weighted by atomic mass is 9.95. The Morgan fingerprint density at radius 1 is 0.569 bits per heavy atom. The van der Waals surface area contributed by atoms with E-state index in [1.54, 1.807) is 41.5 Å². The number of hydrogen-bond donors (Lipinski definition) is 14. The lowest BCUT2D eigenvalue weighted by molar-refractivity contribution is -0.146. The van der Waals surface area contributed by atoms with Gasteiger partial charge in [0.2, 0.25) is 53.2 Å². The highest BCUT2D eigenvalue weighted by molar-refractivity contribution is 6.00. The summed E-state index contributed by atoms with van der Waals surface area (Å²) in [6.07, 6.45) is -2.60. The van der Waals surface area contributed by atoms with Crippen LogP contribution in [0.5, 0.6) is 0 Å². The van der Waals surface area contributed by atoms with Crippen LogP contribution in [0.4, 0.5) is 0 Å². The van der Waals surface area contributed by atoms with Crippen molar-refractivity contribution in [3.8, 4) is 0 Å². The predicted octanol–water partition coefficient (Wildman–Crippen LogP) is -3.99. The lowest BCUT2D eigenvalue weighted by Gasteiger charge is -2.32. The van der Waals surface area contributed by atoms with E-state index < -0.39 is 175 Å². The molecule has 9 amide bonds. The van der Waals surface area contributed by atoms with Crippen molar-refractivity contribution < 1.29 is 83.1 Å². The number of carboxylic acid groups (broad SMARTS) is 3. The number of nitrogens with two attached hydrogens (primary N) is 1. The third-order valence-corrected chi connectivity index (χ3v) is 11.8. The Kier molecular flexibility index (Phi) is 26.3. The van der Waals surface area contributed by atoms with Gasteiger partial charge < -0.3 is 78.7 Å². The average molecular weight is 1030 g/mol. The molecule has 408 valence electrons. The quantitative estimate of drug-likeness (QED) is 0.0326. The maximum absolute atomic E-state index is 14.1. The molecule has 0 unspecified atom stereocenters. The molecule has 0 aromatic rings. The first-order valence-corrected chi connectivity index (χ1v) is 23.8. The Hall–Kier alpha value is -6.48. The summed E-state index contributed by atoms with van der Waals surface area (Å²) < 4.78 is 0. The molecule has 0 radical (unpaired) electrons. The Bertz CT molecular complexity index is 1970. The molecule has 0 aromatic heterocycles. The van der Waals surface area contributed by atoms with E-state index in [1.165, 1.54) is 27.7 Å². The van der Waals surface area contributed by atoms with Crippen LogP contribution in [0.15, 0.2) is 0 Å². The molecular weight excluding hydrogens is 953 g/mol. The summed E-state index contributed by atoms with van der Waals surface area (Å²) in [7, 11) is 0. The molecule has 27 nitrogen and oxygen atoms in total. The zero-order valence-electron chi connectivity index (χ0n) is 42.5. The third-order valence-electron chi connectivity index (χ3n) is 11.8. The van der Waals surface area contributed by atoms with Gasteiger partial charge in [0.05, 0.1) is 25.6 Å². The molecule has 0 aliphatic carbocycles. The standard InChI is InChI=1S/C45H76N10O17/c1-11-22(8)35(43(69)48-25(16-30(58)59)37(63)50-27(45(71)72)15-19(2)3)54-42(68)34(21(6)7)53-39(65)29-13-12-14-55(29)44(70)26(17-31(60)61)49-41(67)33(20(4)5)52-38(64)28(18-56)51-36(62)23(9)47-40(66)32(46)24(10)57/h19-29,32-35,56-57H,11-18,46H2,1-10H3,(H,47,66)(H,48,69)(H,49,67)(H,50,63)(H,51,62)(H,52,64)(H,53,65)(H,54,68)(H,58,59)(H,60,61)(H,71,72)/t22-,23-,24+,25-,26-,27-,28-,29-,32-,33-,34-,35-/m0/s1. The lowest BCUT2D eigenvalue weighted by Crippen LogP contribution is -2.62. The van der Waals surface area contributed by atoms with E-state index in [-0.39, 0.29) is 38.1 Å². The van der Waals surface area contributed by atoms with Crippen molar-refractivity contribution in [1.82, 2.24) is 47.4 Å². The van der Waals surface area contributed by atoms with Gasteiger partial charge >= 0.3 is 17.9 Å². The van der Waals surface area contributed by atoms with Gasteiger partial charge in [-0.25, -0.2) is 4.79 Å². The molecular formula is C45H76N10O17. The average Bonchev–Trinajstić information content (AvgIpc) is 3.78. The zero-order chi connectivity index (χ0) is 55.5. The van der Waals surface area contributed by atoms with E-state index in [0.29, 0.717) is 0 Å². The van der Waals surface area contributed by atoms with Crippen molar-refractivity contribution in [2.75, 3.05) is 13.2 Å². The van der Waals surface area contributed by atoms with Crippen LogP contribution >= 0.6 is 0 Å². The second kappa shape index (κ2) is 29.8. The van der Waals surface area contributed by atoms with Gasteiger partial charge in [0.15, 0.2) is 0 Å². The Labute approximate surface area is 417 Å². The van der Waals surface area contributed by atoms with Gasteiger partial charge in [0.25, 0.3) is 0 Å². The van der Waals surface area contributed by atoms with E-state index in [4.69, 9.17) is 5.73 Å². The highest BCUT2D eigenvalue weighted by Crippen LogP contribution is 2.21. The number of carboxylic acids is 3. The second-order valence-electron chi connectivity index (χ2n) is 19.1. The van der Waals surface area contributed by atoms with Gasteiger partial charge in [0.1, 0.15) is 60.4 Å². The molecule has 27 heteroatoms.